The van der Waals surface area contributed by atoms with Crippen LogP contribution in [-0.2, 0) is 4.79 Å². The number of nitrogens with zero attached hydrogens (tertiary/aromatic N) is 1. The van der Waals surface area contributed by atoms with Crippen LogP contribution in [0, 0.1) is 0 Å². The molecule has 0 heterocycles. The molecule has 0 aliphatic heterocycles. The fraction of sp³-hybridized carbons (Fsp3) is 0.900. The predicted molar refractivity (Wildman–Crippen MR) is 55.0 cm³/mol. The number of carbonyl (C=O) groups excluding carboxylic acids is 1. The number of hydrogen-bond donors (Lipinski definition) is 2. The van der Waals surface area contributed by atoms with Gasteiger partial charge in [-0.05, 0) is 26.7 Å². The molecule has 0 aromatic heterocycles. The molecule has 1 aliphatic carbocycles. The number of hydrogen-bond acceptors (Lipinski definition) is 3. The van der Waals surface area contributed by atoms with Gasteiger partial charge < -0.3 is 15.3 Å². The zero-order chi connectivity index (χ0) is 10.8. The van der Waals surface area contributed by atoms with Crippen molar-refractivity contribution in [1.29, 1.82) is 0 Å². The first kappa shape index (κ1) is 11.5. The number of likely N-dealkylation sites (N-methyl/N-ethyl adjacent to an activating group) is 1. The minimum Gasteiger partial charge on any atom is -0.394 e. The minimum absolute atomic E-state index is 0.0152. The summed E-state index contributed by atoms with van der Waals surface area (Å²) in [7, 11) is 1.73. The molecule has 82 valence electrons. The van der Waals surface area contributed by atoms with Gasteiger partial charge in [0.15, 0.2) is 0 Å². The Morgan fingerprint density at radius 1 is 1.57 bits per heavy atom. The Bertz CT molecular complexity index is 212. The van der Waals surface area contributed by atoms with Crippen molar-refractivity contribution < 1.29 is 9.90 Å². The second-order valence-electron chi connectivity index (χ2n) is 4.58. The molecule has 14 heavy (non-hydrogen) atoms. The summed E-state index contributed by atoms with van der Waals surface area (Å²) >= 11 is 0. The fourth-order valence-electron chi connectivity index (χ4n) is 1.08. The number of carbonyl (C=O) groups is 1. The number of amides is 1. The van der Waals surface area contributed by atoms with Crippen molar-refractivity contribution in [3.05, 3.63) is 0 Å². The van der Waals surface area contributed by atoms with Crippen molar-refractivity contribution in [2.75, 3.05) is 20.2 Å². The molecule has 4 nitrogen and oxygen atoms in total. The monoisotopic (exact) mass is 200 g/mol. The van der Waals surface area contributed by atoms with E-state index in [1.807, 2.05) is 13.8 Å². The fourth-order valence-corrected chi connectivity index (χ4v) is 1.08. The van der Waals surface area contributed by atoms with Crippen LogP contribution in [0.3, 0.4) is 0 Å². The molecule has 1 rings (SSSR count). The SMILES string of the molecule is CN(C(=O)CNC1CC1)C(C)(C)CO. The molecule has 0 unspecified atom stereocenters. The van der Waals surface area contributed by atoms with Crippen molar-refractivity contribution >= 4 is 5.91 Å². The average Bonchev–Trinajstić information content (AvgIpc) is 2.96. The third-order valence-electron chi connectivity index (χ3n) is 2.79. The van der Waals surface area contributed by atoms with E-state index >= 15 is 0 Å². The van der Waals surface area contributed by atoms with Gasteiger partial charge in [-0.1, -0.05) is 0 Å². The van der Waals surface area contributed by atoms with Crippen molar-refractivity contribution in [3.8, 4) is 0 Å². The smallest absolute Gasteiger partial charge is 0.236 e. The average molecular weight is 200 g/mol. The van der Waals surface area contributed by atoms with E-state index in [9.17, 15) is 4.79 Å². The van der Waals surface area contributed by atoms with Crippen molar-refractivity contribution in [1.82, 2.24) is 10.2 Å². The zero-order valence-electron chi connectivity index (χ0n) is 9.21. The molecule has 0 bridgehead atoms. The van der Waals surface area contributed by atoms with E-state index in [0.29, 0.717) is 12.6 Å². The van der Waals surface area contributed by atoms with Crippen molar-refractivity contribution in [2.45, 2.75) is 38.3 Å². The van der Waals surface area contributed by atoms with Gasteiger partial charge in [-0.2, -0.15) is 0 Å². The van der Waals surface area contributed by atoms with Gasteiger partial charge in [0, 0.05) is 13.1 Å². The van der Waals surface area contributed by atoms with Crippen LogP contribution in [0.4, 0.5) is 0 Å². The molecular weight excluding hydrogens is 180 g/mol. The summed E-state index contributed by atoms with van der Waals surface area (Å²) in [6.45, 7) is 4.06. The Balaban J connectivity index is 2.33. The van der Waals surface area contributed by atoms with Gasteiger partial charge in [0.05, 0.1) is 18.7 Å². The van der Waals surface area contributed by atoms with E-state index in [-0.39, 0.29) is 12.5 Å². The number of aliphatic hydroxyl groups is 1. The highest BCUT2D eigenvalue weighted by Crippen LogP contribution is 2.18. The van der Waals surface area contributed by atoms with Crippen LogP contribution in [0.2, 0.25) is 0 Å². The van der Waals surface area contributed by atoms with Gasteiger partial charge >= 0.3 is 0 Å². The molecule has 2 N–H and O–H groups in total. The second kappa shape index (κ2) is 4.28. The molecule has 1 aliphatic rings. The first-order valence-corrected chi connectivity index (χ1v) is 5.08. The van der Waals surface area contributed by atoms with Crippen LogP contribution in [-0.4, -0.2) is 47.7 Å². The van der Waals surface area contributed by atoms with E-state index in [2.05, 4.69) is 5.32 Å². The molecular formula is C10H20N2O2. The number of nitrogens with one attached hydrogen (secondary N) is 1. The molecule has 1 saturated carbocycles. The highest BCUT2D eigenvalue weighted by molar-refractivity contribution is 5.78. The molecule has 0 saturated heterocycles. The van der Waals surface area contributed by atoms with Gasteiger partial charge in [-0.3, -0.25) is 4.79 Å². The lowest BCUT2D eigenvalue weighted by molar-refractivity contribution is -0.135. The Hall–Kier alpha value is -0.610. The van der Waals surface area contributed by atoms with Crippen LogP contribution in [0.5, 0.6) is 0 Å². The Kier molecular flexibility index (Phi) is 3.50. The van der Waals surface area contributed by atoms with E-state index in [1.165, 1.54) is 12.8 Å². The van der Waals surface area contributed by atoms with E-state index in [1.54, 1.807) is 11.9 Å². The van der Waals surface area contributed by atoms with Crippen molar-refractivity contribution in [3.63, 3.8) is 0 Å². The lowest BCUT2D eigenvalue weighted by atomic mass is 10.1. The summed E-state index contributed by atoms with van der Waals surface area (Å²) in [5.74, 6) is 0.0379. The maximum absolute atomic E-state index is 11.6. The summed E-state index contributed by atoms with van der Waals surface area (Å²) in [5, 5.41) is 12.2. The molecule has 0 aromatic rings. The molecule has 1 amide bonds. The molecule has 0 aromatic carbocycles. The summed E-state index contributed by atoms with van der Waals surface area (Å²) in [4.78, 5) is 13.2. The first-order valence-electron chi connectivity index (χ1n) is 5.08. The quantitative estimate of drug-likeness (QED) is 0.655. The standard InChI is InChI=1S/C10H20N2O2/c1-10(2,7-13)12(3)9(14)6-11-8-4-5-8/h8,11,13H,4-7H2,1-3H3. The van der Waals surface area contributed by atoms with Crippen LogP contribution in [0.15, 0.2) is 0 Å². The Morgan fingerprint density at radius 3 is 2.57 bits per heavy atom. The largest absolute Gasteiger partial charge is 0.394 e. The van der Waals surface area contributed by atoms with Gasteiger partial charge in [-0.25, -0.2) is 0 Å². The third-order valence-corrected chi connectivity index (χ3v) is 2.79. The summed E-state index contributed by atoms with van der Waals surface area (Å²) in [6, 6.07) is 0.546. The van der Waals surface area contributed by atoms with Gasteiger partial charge in [-0.15, -0.1) is 0 Å². The lowest BCUT2D eigenvalue weighted by Crippen LogP contribution is -2.50. The third kappa shape index (κ3) is 2.96. The highest BCUT2D eigenvalue weighted by Gasteiger charge is 2.28. The summed E-state index contributed by atoms with van der Waals surface area (Å²) < 4.78 is 0. The van der Waals surface area contributed by atoms with Crippen molar-refractivity contribution in [2.24, 2.45) is 0 Å². The topological polar surface area (TPSA) is 52.6 Å². The normalized spacial score (nSPS) is 16.9. The highest BCUT2D eigenvalue weighted by atomic mass is 16.3. The summed E-state index contributed by atoms with van der Waals surface area (Å²) in [5.41, 5.74) is -0.470. The Labute approximate surface area is 85.3 Å². The minimum atomic E-state index is -0.470. The number of rotatable bonds is 5. The van der Waals surface area contributed by atoms with Crippen LogP contribution in [0.25, 0.3) is 0 Å². The molecule has 0 spiro atoms. The molecule has 0 radical (unpaired) electrons. The van der Waals surface area contributed by atoms with E-state index in [0.717, 1.165) is 0 Å². The van der Waals surface area contributed by atoms with Crippen LogP contribution < -0.4 is 5.32 Å². The predicted octanol–water partition coefficient (Wildman–Crippen LogP) is -0.0323. The van der Waals surface area contributed by atoms with E-state index < -0.39 is 5.54 Å². The lowest BCUT2D eigenvalue weighted by Gasteiger charge is -2.34. The van der Waals surface area contributed by atoms with E-state index in [4.69, 9.17) is 5.11 Å². The molecule has 4 heteroatoms. The molecule has 1 fully saturated rings. The summed E-state index contributed by atoms with van der Waals surface area (Å²) in [6.07, 6.45) is 2.36. The van der Waals surface area contributed by atoms with Crippen LogP contribution >= 0.6 is 0 Å². The molecule has 0 atom stereocenters. The maximum Gasteiger partial charge on any atom is 0.236 e. The maximum atomic E-state index is 11.6. The van der Waals surface area contributed by atoms with Gasteiger partial charge in [0.25, 0.3) is 0 Å². The first-order chi connectivity index (χ1) is 6.47. The number of aliphatic hydroxyl groups excluding tert-OH is 1. The zero-order valence-corrected chi connectivity index (χ0v) is 9.21. The van der Waals surface area contributed by atoms with Gasteiger partial charge in [0.2, 0.25) is 5.91 Å². The van der Waals surface area contributed by atoms with Crippen LogP contribution in [0.1, 0.15) is 26.7 Å². The van der Waals surface area contributed by atoms with Gasteiger partial charge in [0.1, 0.15) is 0 Å². The Morgan fingerprint density at radius 2 is 2.14 bits per heavy atom. The second-order valence-corrected chi connectivity index (χ2v) is 4.58.